The van der Waals surface area contributed by atoms with Gasteiger partial charge in [0.25, 0.3) is 0 Å². The van der Waals surface area contributed by atoms with Crippen LogP contribution in [0, 0.1) is 5.92 Å². The van der Waals surface area contributed by atoms with E-state index in [-0.39, 0.29) is 0 Å². The molecule has 0 N–H and O–H groups in total. The lowest BCUT2D eigenvalue weighted by Gasteiger charge is -2.05. The fourth-order valence-electron chi connectivity index (χ4n) is 0.822. The highest BCUT2D eigenvalue weighted by Gasteiger charge is 1.94. The van der Waals surface area contributed by atoms with Crippen molar-refractivity contribution in [3.8, 4) is 0 Å². The molecule has 0 aromatic rings. The van der Waals surface area contributed by atoms with Crippen molar-refractivity contribution >= 4 is 0 Å². The van der Waals surface area contributed by atoms with Crippen LogP contribution in [0.15, 0.2) is 36.6 Å². The Morgan fingerprint density at radius 2 is 1.92 bits per heavy atom. The average Bonchev–Trinajstić information content (AvgIpc) is 1.96. The molecule has 0 aliphatic heterocycles. The third-order valence-corrected chi connectivity index (χ3v) is 1.58. The molecule has 0 atom stereocenters. The van der Waals surface area contributed by atoms with Gasteiger partial charge in [-0.15, -0.1) is 0 Å². The summed E-state index contributed by atoms with van der Waals surface area (Å²) in [5, 5.41) is 0. The Labute approximate surface area is 76.1 Å². The fourth-order valence-corrected chi connectivity index (χ4v) is 0.822. The second-order valence-corrected chi connectivity index (χ2v) is 3.33. The first-order valence-corrected chi connectivity index (χ1v) is 4.25. The summed E-state index contributed by atoms with van der Waals surface area (Å²) >= 11 is 0. The number of hydrogen-bond acceptors (Lipinski definition) is 1. The molecule has 1 heteroatoms. The van der Waals surface area contributed by atoms with E-state index >= 15 is 0 Å². The van der Waals surface area contributed by atoms with Crippen LogP contribution in [-0.4, -0.2) is 19.0 Å². The Bertz CT molecular complexity index is 185. The highest BCUT2D eigenvalue weighted by molar-refractivity contribution is 5.23. The molecule has 0 amide bonds. The maximum absolute atomic E-state index is 3.76. The van der Waals surface area contributed by atoms with E-state index in [0.29, 0.717) is 5.92 Å². The van der Waals surface area contributed by atoms with Crippen molar-refractivity contribution in [2.75, 3.05) is 14.1 Å². The van der Waals surface area contributed by atoms with Crippen LogP contribution in [0.1, 0.15) is 13.8 Å². The summed E-state index contributed by atoms with van der Waals surface area (Å²) in [5.74, 6) is 0.550. The Balaban J connectivity index is 4.21. The predicted octanol–water partition coefficient (Wildman–Crippen LogP) is 2.83. The zero-order chi connectivity index (χ0) is 9.56. The second-order valence-electron chi connectivity index (χ2n) is 3.33. The average molecular weight is 165 g/mol. The van der Waals surface area contributed by atoms with Crippen LogP contribution in [0.25, 0.3) is 0 Å². The van der Waals surface area contributed by atoms with Gasteiger partial charge in [0.15, 0.2) is 0 Å². The lowest BCUT2D eigenvalue weighted by molar-refractivity contribution is 0.564. The monoisotopic (exact) mass is 165 g/mol. The molecule has 0 fully saturated rings. The van der Waals surface area contributed by atoms with Crippen molar-refractivity contribution in [3.63, 3.8) is 0 Å². The SMILES string of the molecule is C=C/C(=C\C=C\N(C)C)C(C)C. The van der Waals surface area contributed by atoms with Crippen molar-refractivity contribution in [2.24, 2.45) is 5.92 Å². The highest BCUT2D eigenvalue weighted by Crippen LogP contribution is 2.09. The lowest BCUT2D eigenvalue weighted by atomic mass is 10.0. The Morgan fingerprint density at radius 1 is 1.33 bits per heavy atom. The van der Waals surface area contributed by atoms with Gasteiger partial charge in [-0.2, -0.15) is 0 Å². The summed E-state index contributed by atoms with van der Waals surface area (Å²) < 4.78 is 0. The molecular formula is C11H19N. The maximum atomic E-state index is 3.76. The van der Waals surface area contributed by atoms with Gasteiger partial charge < -0.3 is 4.90 Å². The first-order chi connectivity index (χ1) is 5.57. The van der Waals surface area contributed by atoms with E-state index in [0.717, 1.165) is 0 Å². The van der Waals surface area contributed by atoms with Gasteiger partial charge in [-0.1, -0.05) is 32.6 Å². The van der Waals surface area contributed by atoms with Gasteiger partial charge in [-0.05, 0) is 23.8 Å². The summed E-state index contributed by atoms with van der Waals surface area (Å²) in [6.07, 6.45) is 8.06. The van der Waals surface area contributed by atoms with Gasteiger partial charge in [0.05, 0.1) is 0 Å². The Morgan fingerprint density at radius 3 is 2.25 bits per heavy atom. The zero-order valence-electron chi connectivity index (χ0n) is 8.54. The summed E-state index contributed by atoms with van der Waals surface area (Å²) in [4.78, 5) is 2.01. The fraction of sp³-hybridized carbons (Fsp3) is 0.455. The molecule has 0 saturated carbocycles. The molecule has 12 heavy (non-hydrogen) atoms. The molecule has 0 bridgehead atoms. The van der Waals surface area contributed by atoms with Crippen molar-refractivity contribution in [3.05, 3.63) is 36.6 Å². The summed E-state index contributed by atoms with van der Waals surface area (Å²) in [6, 6.07) is 0. The van der Waals surface area contributed by atoms with E-state index in [1.165, 1.54) is 5.57 Å². The molecule has 0 rings (SSSR count). The number of allylic oxidation sites excluding steroid dienone is 4. The van der Waals surface area contributed by atoms with Crippen molar-refractivity contribution in [1.82, 2.24) is 4.90 Å². The summed E-state index contributed by atoms with van der Waals surface area (Å²) in [5.41, 5.74) is 1.27. The van der Waals surface area contributed by atoms with E-state index in [4.69, 9.17) is 0 Å². The molecule has 0 heterocycles. The molecule has 0 spiro atoms. The standard InChI is InChI=1S/C11H19N/c1-6-11(10(2)3)8-7-9-12(4)5/h6-10H,1H2,2-5H3/b9-7+,11-8+. The van der Waals surface area contributed by atoms with Crippen molar-refractivity contribution < 1.29 is 0 Å². The molecule has 1 nitrogen and oxygen atoms in total. The zero-order valence-corrected chi connectivity index (χ0v) is 8.54. The lowest BCUT2D eigenvalue weighted by Crippen LogP contribution is -1.99. The Hall–Kier alpha value is -0.980. The van der Waals surface area contributed by atoms with Gasteiger partial charge in [-0.25, -0.2) is 0 Å². The van der Waals surface area contributed by atoms with Gasteiger partial charge >= 0.3 is 0 Å². The molecule has 0 aromatic carbocycles. The number of nitrogens with zero attached hydrogens (tertiary/aromatic N) is 1. The molecule has 0 aliphatic carbocycles. The molecule has 0 unspecified atom stereocenters. The van der Waals surface area contributed by atoms with Gasteiger partial charge in [0.2, 0.25) is 0 Å². The highest BCUT2D eigenvalue weighted by atomic mass is 15.0. The van der Waals surface area contributed by atoms with Crippen LogP contribution in [0.4, 0.5) is 0 Å². The van der Waals surface area contributed by atoms with E-state index < -0.39 is 0 Å². The minimum Gasteiger partial charge on any atom is -0.383 e. The van der Waals surface area contributed by atoms with Crippen LogP contribution < -0.4 is 0 Å². The minimum absolute atomic E-state index is 0.550. The minimum atomic E-state index is 0.550. The van der Waals surface area contributed by atoms with Gasteiger partial charge in [0.1, 0.15) is 0 Å². The third kappa shape index (κ3) is 4.78. The van der Waals surface area contributed by atoms with Crippen LogP contribution in [0.2, 0.25) is 0 Å². The van der Waals surface area contributed by atoms with Crippen LogP contribution in [-0.2, 0) is 0 Å². The van der Waals surface area contributed by atoms with Crippen LogP contribution in [0.3, 0.4) is 0 Å². The van der Waals surface area contributed by atoms with Gasteiger partial charge in [0, 0.05) is 14.1 Å². The second kappa shape index (κ2) is 5.64. The van der Waals surface area contributed by atoms with E-state index in [2.05, 4.69) is 26.5 Å². The van der Waals surface area contributed by atoms with Crippen molar-refractivity contribution in [2.45, 2.75) is 13.8 Å². The largest absolute Gasteiger partial charge is 0.383 e. The predicted molar refractivity (Wildman–Crippen MR) is 55.9 cm³/mol. The number of rotatable bonds is 4. The molecule has 0 radical (unpaired) electrons. The van der Waals surface area contributed by atoms with E-state index in [1.807, 2.05) is 37.3 Å². The number of hydrogen-bond donors (Lipinski definition) is 0. The topological polar surface area (TPSA) is 3.24 Å². The quantitative estimate of drug-likeness (QED) is 0.579. The molecule has 0 aliphatic rings. The molecule has 0 saturated heterocycles. The maximum Gasteiger partial charge on any atom is 0.00556 e. The molecular weight excluding hydrogens is 146 g/mol. The molecule has 68 valence electrons. The third-order valence-electron chi connectivity index (χ3n) is 1.58. The summed E-state index contributed by atoms with van der Waals surface area (Å²) in [7, 11) is 4.01. The van der Waals surface area contributed by atoms with Crippen molar-refractivity contribution in [1.29, 1.82) is 0 Å². The Kier molecular flexibility index (Phi) is 5.18. The smallest absolute Gasteiger partial charge is 0.00556 e. The molecule has 0 aromatic heterocycles. The van der Waals surface area contributed by atoms with Gasteiger partial charge in [-0.3, -0.25) is 0 Å². The normalized spacial score (nSPS) is 12.6. The van der Waals surface area contributed by atoms with E-state index in [9.17, 15) is 0 Å². The first kappa shape index (κ1) is 11.0. The van der Waals surface area contributed by atoms with E-state index in [1.54, 1.807) is 0 Å². The van der Waals surface area contributed by atoms with Crippen LogP contribution in [0.5, 0.6) is 0 Å². The van der Waals surface area contributed by atoms with Crippen LogP contribution >= 0.6 is 0 Å². The first-order valence-electron chi connectivity index (χ1n) is 4.25. The summed E-state index contributed by atoms with van der Waals surface area (Å²) in [6.45, 7) is 8.09.